The van der Waals surface area contributed by atoms with Crippen LogP contribution in [0.5, 0.6) is 5.75 Å². The molecule has 2 rings (SSSR count). The van der Waals surface area contributed by atoms with Crippen LogP contribution in [0.15, 0.2) is 48.5 Å². The first kappa shape index (κ1) is 18.9. The monoisotopic (exact) mass is 358 g/mol. The lowest BCUT2D eigenvalue weighted by Crippen LogP contribution is -2.20. The molecule has 1 amide bonds. The maximum Gasteiger partial charge on any atom is 0.338 e. The van der Waals surface area contributed by atoms with Gasteiger partial charge in [-0.15, -0.1) is 0 Å². The maximum absolute atomic E-state index is 11.9. The molecule has 0 fully saturated rings. The Labute approximate surface area is 149 Å². The molecule has 0 aliphatic rings. The average Bonchev–Trinajstić information content (AvgIpc) is 2.65. The van der Waals surface area contributed by atoms with Gasteiger partial charge in [0.05, 0.1) is 23.2 Å². The van der Waals surface area contributed by atoms with Crippen LogP contribution in [-0.2, 0) is 9.53 Å². The summed E-state index contributed by atoms with van der Waals surface area (Å²) in [6.45, 7) is 1.95. The van der Waals surface area contributed by atoms with E-state index in [1.165, 1.54) is 24.3 Å². The molecular formula is C18H18N2O6. The van der Waals surface area contributed by atoms with Crippen molar-refractivity contribution in [3.05, 3.63) is 64.2 Å². The molecule has 0 atom stereocenters. The van der Waals surface area contributed by atoms with Gasteiger partial charge < -0.3 is 14.8 Å². The number of non-ortho nitro benzene ring substituents is 1. The summed E-state index contributed by atoms with van der Waals surface area (Å²) in [6, 6.07) is 11.8. The van der Waals surface area contributed by atoms with Gasteiger partial charge in [-0.3, -0.25) is 14.9 Å². The van der Waals surface area contributed by atoms with E-state index in [1.807, 2.05) is 6.92 Å². The molecule has 2 aromatic carbocycles. The molecule has 0 spiro atoms. The van der Waals surface area contributed by atoms with E-state index < -0.39 is 16.8 Å². The van der Waals surface area contributed by atoms with Crippen LogP contribution in [0.4, 0.5) is 11.4 Å². The smallest absolute Gasteiger partial charge is 0.338 e. The summed E-state index contributed by atoms with van der Waals surface area (Å²) >= 11 is 0. The number of ether oxygens (including phenoxy) is 2. The number of hydrogen-bond donors (Lipinski definition) is 1. The van der Waals surface area contributed by atoms with Gasteiger partial charge in [0, 0.05) is 11.8 Å². The minimum absolute atomic E-state index is 0.117. The van der Waals surface area contributed by atoms with Crippen LogP contribution in [0, 0.1) is 10.1 Å². The number of anilines is 1. The third-order valence-corrected chi connectivity index (χ3v) is 3.24. The Hall–Kier alpha value is -3.42. The van der Waals surface area contributed by atoms with E-state index in [0.717, 1.165) is 6.42 Å². The summed E-state index contributed by atoms with van der Waals surface area (Å²) in [7, 11) is 0. The van der Waals surface area contributed by atoms with Gasteiger partial charge in [-0.05, 0) is 36.8 Å². The summed E-state index contributed by atoms with van der Waals surface area (Å²) in [5.74, 6) is -0.625. The SMILES string of the molecule is CCCOC(=O)c1ccc(NC(=O)COc2cccc([N+](=O)[O-])c2)cc1. The molecule has 26 heavy (non-hydrogen) atoms. The molecule has 0 unspecified atom stereocenters. The zero-order valence-electron chi connectivity index (χ0n) is 14.1. The Balaban J connectivity index is 1.87. The molecule has 8 nitrogen and oxygen atoms in total. The van der Waals surface area contributed by atoms with Gasteiger partial charge in [0.2, 0.25) is 0 Å². The molecule has 1 N–H and O–H groups in total. The van der Waals surface area contributed by atoms with Crippen LogP contribution in [0.1, 0.15) is 23.7 Å². The molecule has 0 bridgehead atoms. The molecule has 0 aromatic heterocycles. The van der Waals surface area contributed by atoms with Crippen molar-refractivity contribution in [1.82, 2.24) is 0 Å². The Kier molecular flexibility index (Phi) is 6.67. The number of rotatable bonds is 8. The van der Waals surface area contributed by atoms with Crippen molar-refractivity contribution in [3.63, 3.8) is 0 Å². The summed E-state index contributed by atoms with van der Waals surface area (Å²) in [4.78, 5) is 33.8. The second-order valence-corrected chi connectivity index (χ2v) is 5.30. The molecule has 2 aromatic rings. The van der Waals surface area contributed by atoms with E-state index in [9.17, 15) is 19.7 Å². The van der Waals surface area contributed by atoms with Crippen molar-refractivity contribution in [3.8, 4) is 5.75 Å². The number of benzene rings is 2. The van der Waals surface area contributed by atoms with Gasteiger partial charge in [-0.2, -0.15) is 0 Å². The normalized spacial score (nSPS) is 10.0. The zero-order valence-corrected chi connectivity index (χ0v) is 14.1. The number of nitrogens with one attached hydrogen (secondary N) is 1. The summed E-state index contributed by atoms with van der Waals surface area (Å²) < 4.78 is 10.3. The van der Waals surface area contributed by atoms with Gasteiger partial charge in [0.1, 0.15) is 5.75 Å². The zero-order chi connectivity index (χ0) is 18.9. The fourth-order valence-corrected chi connectivity index (χ4v) is 2.00. The average molecular weight is 358 g/mol. The molecule has 0 aliphatic carbocycles. The number of amides is 1. The Morgan fingerprint density at radius 2 is 1.88 bits per heavy atom. The van der Waals surface area contributed by atoms with E-state index in [0.29, 0.717) is 17.9 Å². The third kappa shape index (κ3) is 5.59. The number of carbonyl (C=O) groups is 2. The van der Waals surface area contributed by atoms with Crippen molar-refractivity contribution < 1.29 is 24.0 Å². The van der Waals surface area contributed by atoms with Crippen molar-refractivity contribution >= 4 is 23.3 Å². The Bertz CT molecular complexity index is 789. The van der Waals surface area contributed by atoms with Gasteiger partial charge in [0.15, 0.2) is 6.61 Å². The molecule has 0 saturated heterocycles. The molecule has 8 heteroatoms. The number of nitro benzene ring substituents is 1. The lowest BCUT2D eigenvalue weighted by Gasteiger charge is -2.08. The van der Waals surface area contributed by atoms with E-state index >= 15 is 0 Å². The highest BCUT2D eigenvalue weighted by Gasteiger charge is 2.10. The first-order chi connectivity index (χ1) is 12.5. The summed E-state index contributed by atoms with van der Waals surface area (Å²) in [5.41, 5.74) is 0.766. The van der Waals surface area contributed by atoms with E-state index in [2.05, 4.69) is 5.32 Å². The third-order valence-electron chi connectivity index (χ3n) is 3.24. The number of nitro groups is 1. The predicted octanol–water partition coefficient (Wildman–Crippen LogP) is 3.18. The highest BCUT2D eigenvalue weighted by molar-refractivity contribution is 5.93. The number of nitrogens with zero attached hydrogens (tertiary/aromatic N) is 1. The van der Waals surface area contributed by atoms with E-state index in [4.69, 9.17) is 9.47 Å². The van der Waals surface area contributed by atoms with Crippen molar-refractivity contribution in [2.75, 3.05) is 18.5 Å². The van der Waals surface area contributed by atoms with Crippen molar-refractivity contribution in [2.24, 2.45) is 0 Å². The summed E-state index contributed by atoms with van der Waals surface area (Å²) in [5, 5.41) is 13.3. The molecule has 0 heterocycles. The minimum Gasteiger partial charge on any atom is -0.484 e. The van der Waals surface area contributed by atoms with Crippen molar-refractivity contribution in [1.29, 1.82) is 0 Å². The fraction of sp³-hybridized carbons (Fsp3) is 0.222. The lowest BCUT2D eigenvalue weighted by molar-refractivity contribution is -0.384. The Morgan fingerprint density at radius 1 is 1.15 bits per heavy atom. The lowest BCUT2D eigenvalue weighted by atomic mass is 10.2. The molecule has 0 saturated carbocycles. The van der Waals surface area contributed by atoms with Crippen LogP contribution in [-0.4, -0.2) is 30.0 Å². The number of carbonyl (C=O) groups excluding carboxylic acids is 2. The fourth-order valence-electron chi connectivity index (χ4n) is 2.00. The minimum atomic E-state index is -0.542. The standard InChI is InChI=1S/C18H18N2O6/c1-2-10-25-18(22)13-6-8-14(9-7-13)19-17(21)12-26-16-5-3-4-15(11-16)20(23)24/h3-9,11H,2,10,12H2,1H3,(H,19,21). The maximum atomic E-state index is 11.9. The van der Waals surface area contributed by atoms with Crippen LogP contribution in [0.2, 0.25) is 0 Å². The molecule has 0 aliphatic heterocycles. The number of hydrogen-bond acceptors (Lipinski definition) is 6. The van der Waals surface area contributed by atoms with Crippen LogP contribution < -0.4 is 10.1 Å². The predicted molar refractivity (Wildman–Crippen MR) is 94.2 cm³/mol. The highest BCUT2D eigenvalue weighted by Crippen LogP contribution is 2.19. The van der Waals surface area contributed by atoms with Gasteiger partial charge >= 0.3 is 5.97 Å². The highest BCUT2D eigenvalue weighted by atomic mass is 16.6. The second-order valence-electron chi connectivity index (χ2n) is 5.30. The van der Waals surface area contributed by atoms with E-state index in [-0.39, 0.29) is 18.0 Å². The van der Waals surface area contributed by atoms with Crippen molar-refractivity contribution in [2.45, 2.75) is 13.3 Å². The van der Waals surface area contributed by atoms with Crippen LogP contribution in [0.25, 0.3) is 0 Å². The van der Waals surface area contributed by atoms with Gasteiger partial charge in [-0.1, -0.05) is 13.0 Å². The largest absolute Gasteiger partial charge is 0.484 e. The number of esters is 1. The summed E-state index contributed by atoms with van der Waals surface area (Å²) in [6.07, 6.45) is 0.741. The second kappa shape index (κ2) is 9.16. The quantitative estimate of drug-likeness (QED) is 0.441. The molecular weight excluding hydrogens is 340 g/mol. The molecule has 136 valence electrons. The van der Waals surface area contributed by atoms with Gasteiger partial charge in [0.25, 0.3) is 11.6 Å². The Morgan fingerprint density at radius 3 is 2.54 bits per heavy atom. The first-order valence-electron chi connectivity index (χ1n) is 7.94. The molecule has 0 radical (unpaired) electrons. The topological polar surface area (TPSA) is 108 Å². The van der Waals surface area contributed by atoms with Crippen LogP contribution >= 0.6 is 0 Å². The van der Waals surface area contributed by atoms with Gasteiger partial charge in [-0.25, -0.2) is 4.79 Å². The first-order valence-corrected chi connectivity index (χ1v) is 7.94. The van der Waals surface area contributed by atoms with E-state index in [1.54, 1.807) is 24.3 Å². The van der Waals surface area contributed by atoms with Crippen LogP contribution in [0.3, 0.4) is 0 Å².